The predicted molar refractivity (Wildman–Crippen MR) is 95.7 cm³/mol. The number of rotatable bonds is 5. The summed E-state index contributed by atoms with van der Waals surface area (Å²) in [6.45, 7) is 6.85. The summed E-state index contributed by atoms with van der Waals surface area (Å²) in [5.41, 5.74) is 0.722. The Morgan fingerprint density at radius 1 is 1.36 bits per heavy atom. The van der Waals surface area contributed by atoms with E-state index in [0.29, 0.717) is 0 Å². The molecule has 0 radical (unpaired) electrons. The lowest BCUT2D eigenvalue weighted by Crippen LogP contribution is -2.36. The van der Waals surface area contributed by atoms with Crippen molar-refractivity contribution in [3.8, 4) is 5.75 Å². The van der Waals surface area contributed by atoms with E-state index in [1.807, 2.05) is 49.7 Å². The summed E-state index contributed by atoms with van der Waals surface area (Å²) >= 11 is 0. The van der Waals surface area contributed by atoms with Gasteiger partial charge in [-0.2, -0.15) is 5.10 Å². The van der Waals surface area contributed by atoms with Crippen molar-refractivity contribution in [2.45, 2.75) is 58.7 Å². The van der Waals surface area contributed by atoms with Crippen LogP contribution in [-0.4, -0.2) is 26.9 Å². The summed E-state index contributed by atoms with van der Waals surface area (Å²) in [6, 6.07) is 7.01. The predicted octanol–water partition coefficient (Wildman–Crippen LogP) is 3.28. The van der Waals surface area contributed by atoms with Gasteiger partial charge in [0.1, 0.15) is 11.6 Å². The molecule has 1 aromatic heterocycles. The number of amides is 2. The number of aromatic nitrogens is 3. The first-order valence-corrected chi connectivity index (χ1v) is 8.83. The molecule has 2 N–H and O–H groups in total. The molecule has 25 heavy (non-hydrogen) atoms. The van der Waals surface area contributed by atoms with E-state index in [-0.39, 0.29) is 18.2 Å². The van der Waals surface area contributed by atoms with Gasteiger partial charge in [0.25, 0.3) is 0 Å². The molecule has 3 rings (SSSR count). The Labute approximate surface area is 147 Å². The summed E-state index contributed by atoms with van der Waals surface area (Å²) in [5.74, 6) is 2.46. The van der Waals surface area contributed by atoms with Crippen molar-refractivity contribution in [3.05, 3.63) is 35.9 Å². The Morgan fingerprint density at radius 2 is 2.12 bits per heavy atom. The van der Waals surface area contributed by atoms with Crippen LogP contribution < -0.4 is 15.4 Å². The van der Waals surface area contributed by atoms with Crippen LogP contribution in [0.15, 0.2) is 24.3 Å². The highest BCUT2D eigenvalue weighted by Gasteiger charge is 2.25. The van der Waals surface area contributed by atoms with E-state index in [1.54, 1.807) is 0 Å². The van der Waals surface area contributed by atoms with Gasteiger partial charge in [-0.05, 0) is 51.0 Å². The Hall–Kier alpha value is -2.57. The fraction of sp³-hybridized carbons (Fsp3) is 0.500. The van der Waals surface area contributed by atoms with Crippen LogP contribution in [0.5, 0.6) is 5.75 Å². The minimum Gasteiger partial charge on any atom is -0.491 e. The monoisotopic (exact) mass is 343 g/mol. The van der Waals surface area contributed by atoms with Crippen LogP contribution in [0.25, 0.3) is 0 Å². The number of urea groups is 1. The summed E-state index contributed by atoms with van der Waals surface area (Å²) in [6.07, 6.45) is 2.77. The summed E-state index contributed by atoms with van der Waals surface area (Å²) in [7, 11) is 0. The largest absolute Gasteiger partial charge is 0.491 e. The van der Waals surface area contributed by atoms with Crippen LogP contribution in [0.4, 0.5) is 10.5 Å². The van der Waals surface area contributed by atoms with Crippen LogP contribution in [0.2, 0.25) is 0 Å². The van der Waals surface area contributed by atoms with E-state index in [2.05, 4.69) is 20.7 Å². The van der Waals surface area contributed by atoms with Gasteiger partial charge in [0, 0.05) is 18.7 Å². The highest BCUT2D eigenvalue weighted by Crippen LogP contribution is 2.23. The first kappa shape index (κ1) is 17.3. The second-order valence-electron chi connectivity index (χ2n) is 6.45. The third-order valence-corrected chi connectivity index (χ3v) is 4.02. The molecule has 1 aliphatic rings. The highest BCUT2D eigenvalue weighted by molar-refractivity contribution is 5.89. The third kappa shape index (κ3) is 4.29. The van der Waals surface area contributed by atoms with E-state index in [0.717, 1.165) is 48.9 Å². The molecule has 1 aromatic carbocycles. The van der Waals surface area contributed by atoms with Crippen LogP contribution in [0.1, 0.15) is 51.3 Å². The van der Waals surface area contributed by atoms with E-state index in [1.165, 1.54) is 0 Å². The van der Waals surface area contributed by atoms with Crippen molar-refractivity contribution in [2.24, 2.45) is 0 Å². The summed E-state index contributed by atoms with van der Waals surface area (Å²) in [5, 5.41) is 10.3. The van der Waals surface area contributed by atoms with Gasteiger partial charge < -0.3 is 15.4 Å². The second kappa shape index (κ2) is 7.55. The molecular weight excluding hydrogens is 318 g/mol. The van der Waals surface area contributed by atoms with Gasteiger partial charge >= 0.3 is 6.03 Å². The molecule has 2 aromatic rings. The molecule has 1 aliphatic heterocycles. The number of hydrogen-bond acceptors (Lipinski definition) is 4. The molecule has 0 saturated heterocycles. The number of fused-ring (bicyclic) bond motifs is 1. The van der Waals surface area contributed by atoms with Crippen molar-refractivity contribution >= 4 is 11.7 Å². The molecule has 0 bridgehead atoms. The Morgan fingerprint density at radius 3 is 2.80 bits per heavy atom. The zero-order chi connectivity index (χ0) is 17.8. The number of ether oxygens (including phenoxy) is 1. The van der Waals surface area contributed by atoms with Crippen molar-refractivity contribution in [1.82, 2.24) is 20.1 Å². The molecule has 7 nitrogen and oxygen atoms in total. The van der Waals surface area contributed by atoms with Gasteiger partial charge in [0.15, 0.2) is 5.82 Å². The quantitative estimate of drug-likeness (QED) is 0.873. The van der Waals surface area contributed by atoms with Gasteiger partial charge in [0.05, 0.1) is 12.1 Å². The molecule has 1 atom stereocenters. The Kier molecular flexibility index (Phi) is 5.21. The van der Waals surface area contributed by atoms with E-state index in [9.17, 15) is 4.79 Å². The topological polar surface area (TPSA) is 81.1 Å². The lowest BCUT2D eigenvalue weighted by Gasteiger charge is -2.23. The number of benzene rings is 1. The summed E-state index contributed by atoms with van der Waals surface area (Å²) < 4.78 is 7.51. The van der Waals surface area contributed by atoms with Gasteiger partial charge in [-0.1, -0.05) is 6.92 Å². The summed E-state index contributed by atoms with van der Waals surface area (Å²) in [4.78, 5) is 16.9. The fourth-order valence-electron chi connectivity index (χ4n) is 2.90. The third-order valence-electron chi connectivity index (χ3n) is 4.02. The van der Waals surface area contributed by atoms with Gasteiger partial charge in [-0.15, -0.1) is 0 Å². The normalized spacial score (nSPS) is 16.4. The van der Waals surface area contributed by atoms with Crippen molar-refractivity contribution in [3.63, 3.8) is 0 Å². The molecule has 0 aliphatic carbocycles. The number of carbonyl (C=O) groups is 1. The number of nitrogens with zero attached hydrogens (tertiary/aromatic N) is 3. The molecule has 134 valence electrons. The van der Waals surface area contributed by atoms with Crippen LogP contribution in [0.3, 0.4) is 0 Å². The van der Waals surface area contributed by atoms with E-state index < -0.39 is 0 Å². The molecule has 0 saturated carbocycles. The lowest BCUT2D eigenvalue weighted by atomic mass is 10.1. The van der Waals surface area contributed by atoms with Crippen LogP contribution >= 0.6 is 0 Å². The minimum atomic E-state index is -0.239. The van der Waals surface area contributed by atoms with E-state index >= 15 is 0 Å². The SMILES string of the molecule is CCc1nc2n(n1)CCCC2NC(=O)Nc1ccc(OC(C)C)cc1. The molecule has 0 spiro atoms. The molecular formula is C18H25N5O2. The van der Waals surface area contributed by atoms with Crippen molar-refractivity contribution in [2.75, 3.05) is 5.32 Å². The first-order valence-electron chi connectivity index (χ1n) is 8.83. The number of nitrogens with one attached hydrogen (secondary N) is 2. The average molecular weight is 343 g/mol. The zero-order valence-electron chi connectivity index (χ0n) is 15.0. The first-order chi connectivity index (χ1) is 12.0. The smallest absolute Gasteiger partial charge is 0.319 e. The Bertz CT molecular complexity index is 724. The van der Waals surface area contributed by atoms with E-state index in [4.69, 9.17) is 4.74 Å². The molecule has 2 heterocycles. The number of carbonyl (C=O) groups excluding carboxylic acids is 1. The second-order valence-corrected chi connectivity index (χ2v) is 6.45. The molecule has 1 unspecified atom stereocenters. The van der Waals surface area contributed by atoms with Gasteiger partial charge in [0.2, 0.25) is 0 Å². The number of anilines is 1. The zero-order valence-corrected chi connectivity index (χ0v) is 15.0. The molecule has 0 fully saturated rings. The van der Waals surface area contributed by atoms with Gasteiger partial charge in [-0.3, -0.25) is 0 Å². The van der Waals surface area contributed by atoms with Gasteiger partial charge in [-0.25, -0.2) is 14.5 Å². The average Bonchev–Trinajstić information content (AvgIpc) is 3.00. The number of aryl methyl sites for hydroxylation is 2. The molecule has 2 amide bonds. The Balaban J connectivity index is 1.61. The minimum absolute atomic E-state index is 0.106. The maximum absolute atomic E-state index is 12.3. The van der Waals surface area contributed by atoms with Crippen LogP contribution in [-0.2, 0) is 13.0 Å². The van der Waals surface area contributed by atoms with Crippen LogP contribution in [0, 0.1) is 0 Å². The van der Waals surface area contributed by atoms with Crippen molar-refractivity contribution < 1.29 is 9.53 Å². The molecule has 7 heteroatoms. The highest BCUT2D eigenvalue weighted by atomic mass is 16.5. The standard InChI is InChI=1S/C18H25N5O2/c1-4-16-21-17-15(6-5-11-23(17)22-16)20-18(24)19-13-7-9-14(10-8-13)25-12(2)3/h7-10,12,15H,4-6,11H2,1-3H3,(H2,19,20,24). The number of hydrogen-bond donors (Lipinski definition) is 2. The van der Waals surface area contributed by atoms with Crippen molar-refractivity contribution in [1.29, 1.82) is 0 Å². The fourth-order valence-corrected chi connectivity index (χ4v) is 2.90. The maximum atomic E-state index is 12.3. The maximum Gasteiger partial charge on any atom is 0.319 e. The lowest BCUT2D eigenvalue weighted by molar-refractivity contribution is 0.242.